The van der Waals surface area contributed by atoms with Gasteiger partial charge >= 0.3 is 0 Å². The highest BCUT2D eigenvalue weighted by atomic mass is 35.5. The van der Waals surface area contributed by atoms with Crippen LogP contribution in [0.25, 0.3) is 0 Å². The van der Waals surface area contributed by atoms with Crippen molar-refractivity contribution in [2.45, 2.75) is 29.9 Å². The monoisotopic (exact) mass is 301 g/mol. The van der Waals surface area contributed by atoms with E-state index >= 15 is 0 Å². The number of nitrogens with two attached hydrogens (primary N) is 2. The van der Waals surface area contributed by atoms with Crippen LogP contribution in [0, 0.1) is 0 Å². The summed E-state index contributed by atoms with van der Waals surface area (Å²) in [6.45, 7) is 0. The number of hydrogen-bond donors (Lipinski definition) is 3. The molecule has 0 aromatic heterocycles. The van der Waals surface area contributed by atoms with Crippen LogP contribution in [-0.4, -0.2) is 23.9 Å². The topological polar surface area (TPSA) is 90.4 Å². The molecule has 1 aromatic rings. The van der Waals surface area contributed by atoms with Crippen molar-refractivity contribution in [2.75, 3.05) is 11.5 Å². The summed E-state index contributed by atoms with van der Waals surface area (Å²) in [6, 6.07) is 5.38. The van der Waals surface area contributed by atoms with Crippen LogP contribution in [-0.2, 0) is 9.53 Å². The minimum absolute atomic E-state index is 0.0330. The molecule has 1 heterocycles. The number of anilines is 1. The number of hydrogen-bond acceptors (Lipinski definition) is 5. The van der Waals surface area contributed by atoms with E-state index in [0.717, 1.165) is 17.1 Å². The summed E-state index contributed by atoms with van der Waals surface area (Å²) < 4.78 is 5.62. The van der Waals surface area contributed by atoms with E-state index in [0.29, 0.717) is 17.1 Å². The van der Waals surface area contributed by atoms with Crippen LogP contribution < -0.4 is 17.0 Å². The third-order valence-electron chi connectivity index (χ3n) is 2.94. The molecule has 0 aliphatic carbocycles. The molecule has 5 N–H and O–H groups in total. The van der Waals surface area contributed by atoms with E-state index in [1.807, 2.05) is 6.07 Å². The Morgan fingerprint density at radius 1 is 1.53 bits per heavy atom. The summed E-state index contributed by atoms with van der Waals surface area (Å²) in [5, 5.41) is 0.657. The van der Waals surface area contributed by atoms with Gasteiger partial charge in [-0.1, -0.05) is 11.6 Å². The molecule has 0 radical (unpaired) electrons. The Morgan fingerprint density at radius 3 is 3.05 bits per heavy atom. The van der Waals surface area contributed by atoms with E-state index in [1.165, 1.54) is 0 Å². The van der Waals surface area contributed by atoms with Crippen molar-refractivity contribution < 1.29 is 9.53 Å². The second-order valence-electron chi connectivity index (χ2n) is 4.33. The van der Waals surface area contributed by atoms with Gasteiger partial charge in [-0.05, 0) is 31.0 Å². The van der Waals surface area contributed by atoms with Gasteiger partial charge in [0.25, 0.3) is 5.91 Å². The number of halogens is 1. The van der Waals surface area contributed by atoms with Crippen LogP contribution in [0.15, 0.2) is 23.1 Å². The summed E-state index contributed by atoms with van der Waals surface area (Å²) in [5.74, 6) is 5.55. The zero-order valence-electron chi connectivity index (χ0n) is 10.3. The van der Waals surface area contributed by atoms with Gasteiger partial charge in [0.1, 0.15) is 6.10 Å². The third-order valence-corrected chi connectivity index (χ3v) is 4.38. The zero-order valence-corrected chi connectivity index (χ0v) is 11.8. The number of hydrazine groups is 1. The molecule has 1 aliphatic heterocycles. The number of benzene rings is 1. The maximum atomic E-state index is 11.3. The van der Waals surface area contributed by atoms with Crippen molar-refractivity contribution >= 4 is 35.0 Å². The largest absolute Gasteiger partial charge is 0.398 e. The highest BCUT2D eigenvalue weighted by molar-refractivity contribution is 7.99. The molecule has 0 saturated carbocycles. The summed E-state index contributed by atoms with van der Waals surface area (Å²) in [6.07, 6.45) is 1.13. The Morgan fingerprint density at radius 2 is 2.32 bits per heavy atom. The highest BCUT2D eigenvalue weighted by Crippen LogP contribution is 2.31. The number of rotatable bonds is 4. The first kappa shape index (κ1) is 14.5. The minimum Gasteiger partial charge on any atom is -0.398 e. The molecule has 1 aromatic carbocycles. The molecule has 104 valence electrons. The molecule has 2 rings (SSSR count). The number of nitrogen functional groups attached to an aromatic ring is 1. The number of carbonyl (C=O) groups excluding carboxylic acids is 1. The first-order valence-corrected chi connectivity index (χ1v) is 7.30. The molecular weight excluding hydrogens is 286 g/mol. The van der Waals surface area contributed by atoms with E-state index in [-0.39, 0.29) is 12.0 Å². The Labute approximate surface area is 121 Å². The number of carbonyl (C=O) groups is 1. The van der Waals surface area contributed by atoms with E-state index in [2.05, 4.69) is 5.43 Å². The Balaban J connectivity index is 1.87. The van der Waals surface area contributed by atoms with Gasteiger partial charge in [0.05, 0.1) is 6.10 Å². The molecule has 5 nitrogen and oxygen atoms in total. The van der Waals surface area contributed by atoms with Gasteiger partial charge in [-0.15, -0.1) is 11.8 Å². The Hall–Kier alpha value is -0.950. The number of nitrogens with one attached hydrogen (secondary N) is 1. The fraction of sp³-hybridized carbons (Fsp3) is 0.417. The summed E-state index contributed by atoms with van der Waals surface area (Å²) in [7, 11) is 0. The third kappa shape index (κ3) is 3.76. The summed E-state index contributed by atoms with van der Waals surface area (Å²) in [4.78, 5) is 12.3. The zero-order chi connectivity index (χ0) is 13.8. The van der Waals surface area contributed by atoms with Gasteiger partial charge in [-0.25, -0.2) is 5.84 Å². The van der Waals surface area contributed by atoms with Crippen molar-refractivity contribution in [1.29, 1.82) is 0 Å². The molecule has 19 heavy (non-hydrogen) atoms. The van der Waals surface area contributed by atoms with E-state index < -0.39 is 6.10 Å². The van der Waals surface area contributed by atoms with Gasteiger partial charge in [0.15, 0.2) is 0 Å². The van der Waals surface area contributed by atoms with Gasteiger partial charge in [-0.3, -0.25) is 10.2 Å². The van der Waals surface area contributed by atoms with Crippen LogP contribution in [0.2, 0.25) is 5.02 Å². The van der Waals surface area contributed by atoms with Crippen LogP contribution in [0.5, 0.6) is 0 Å². The second-order valence-corrected chi connectivity index (χ2v) is 5.82. The average molecular weight is 302 g/mol. The Bertz CT molecular complexity index is 472. The first-order valence-electron chi connectivity index (χ1n) is 5.94. The molecule has 7 heteroatoms. The molecule has 1 fully saturated rings. The molecule has 2 atom stereocenters. The highest BCUT2D eigenvalue weighted by Gasteiger charge is 2.30. The molecular formula is C12H16ClN3O2S. The van der Waals surface area contributed by atoms with E-state index in [1.54, 1.807) is 23.9 Å². The normalized spacial score (nSPS) is 22.4. The average Bonchev–Trinajstić information content (AvgIpc) is 2.88. The van der Waals surface area contributed by atoms with Crippen molar-refractivity contribution in [3.8, 4) is 0 Å². The van der Waals surface area contributed by atoms with Crippen molar-refractivity contribution in [3.63, 3.8) is 0 Å². The predicted molar refractivity (Wildman–Crippen MR) is 76.8 cm³/mol. The smallest absolute Gasteiger partial charge is 0.263 e. The minimum atomic E-state index is -0.438. The lowest BCUT2D eigenvalue weighted by Gasteiger charge is -2.13. The number of ether oxygens (including phenoxy) is 1. The second kappa shape index (κ2) is 6.47. The van der Waals surface area contributed by atoms with Gasteiger partial charge in [0, 0.05) is 21.4 Å². The van der Waals surface area contributed by atoms with Gasteiger partial charge < -0.3 is 10.5 Å². The molecule has 0 bridgehead atoms. The maximum Gasteiger partial charge on any atom is 0.263 e. The molecule has 2 unspecified atom stereocenters. The fourth-order valence-corrected chi connectivity index (χ4v) is 3.22. The van der Waals surface area contributed by atoms with Crippen LogP contribution in [0.1, 0.15) is 12.8 Å². The fourth-order valence-electron chi connectivity index (χ4n) is 1.93. The molecule has 0 spiro atoms. The first-order chi connectivity index (χ1) is 9.10. The molecule has 1 amide bonds. The maximum absolute atomic E-state index is 11.3. The Kier molecular flexibility index (Phi) is 4.93. The lowest BCUT2D eigenvalue weighted by molar-refractivity contribution is -0.131. The lowest BCUT2D eigenvalue weighted by atomic mass is 10.2. The van der Waals surface area contributed by atoms with Gasteiger partial charge in [0.2, 0.25) is 0 Å². The van der Waals surface area contributed by atoms with Gasteiger partial charge in [-0.2, -0.15) is 0 Å². The summed E-state index contributed by atoms with van der Waals surface area (Å²) >= 11 is 7.51. The number of thioether (sulfide) groups is 1. The van der Waals surface area contributed by atoms with E-state index in [9.17, 15) is 4.79 Å². The van der Waals surface area contributed by atoms with Crippen molar-refractivity contribution in [2.24, 2.45) is 5.84 Å². The lowest BCUT2D eigenvalue weighted by Crippen LogP contribution is -2.39. The summed E-state index contributed by atoms with van der Waals surface area (Å²) in [5.41, 5.74) is 8.68. The van der Waals surface area contributed by atoms with Crippen LogP contribution in [0.4, 0.5) is 5.69 Å². The van der Waals surface area contributed by atoms with E-state index in [4.69, 9.17) is 27.9 Å². The molecule has 1 aliphatic rings. The van der Waals surface area contributed by atoms with Crippen molar-refractivity contribution in [3.05, 3.63) is 23.2 Å². The van der Waals surface area contributed by atoms with Crippen molar-refractivity contribution in [1.82, 2.24) is 5.43 Å². The predicted octanol–water partition coefficient (Wildman–Crippen LogP) is 1.55. The quantitative estimate of drug-likeness (QED) is 0.258. The van der Waals surface area contributed by atoms with Crippen LogP contribution >= 0.6 is 23.4 Å². The standard InChI is InChI=1S/C12H16ClN3O2S/c13-7-1-3-9(14)11(5-7)19-6-8-2-4-10(18-8)12(17)16-15/h1,3,5,8,10H,2,4,6,14-15H2,(H,16,17). The SMILES string of the molecule is NNC(=O)C1CCC(CSc2cc(Cl)ccc2N)O1. The van der Waals surface area contributed by atoms with Crippen LogP contribution in [0.3, 0.4) is 0 Å². The number of amides is 1. The molecule has 1 saturated heterocycles.